The van der Waals surface area contributed by atoms with Crippen LogP contribution in [0.2, 0.25) is 0 Å². The number of aromatic hydroxyl groups is 2. The molecule has 1 aromatic rings. The molecular weight excluding hydrogens is 270 g/mol. The third-order valence-electron chi connectivity index (χ3n) is 1.86. The van der Waals surface area contributed by atoms with Crippen LogP contribution in [0.1, 0.15) is 5.56 Å². The lowest BCUT2D eigenvalue weighted by molar-refractivity contribution is -0.136. The summed E-state index contributed by atoms with van der Waals surface area (Å²) >= 11 is 0. The van der Waals surface area contributed by atoms with E-state index in [1.54, 1.807) is 0 Å². The molecule has 0 fully saturated rings. The average Bonchev–Trinajstić information content (AvgIpc) is 2.44. The summed E-state index contributed by atoms with van der Waals surface area (Å²) in [6.07, 6.45) is -0.615. The summed E-state index contributed by atoms with van der Waals surface area (Å²) in [4.78, 5) is 10.4. The Morgan fingerprint density at radius 1 is 1.39 bits per heavy atom. The van der Waals surface area contributed by atoms with Gasteiger partial charge in [0.2, 0.25) is 11.8 Å². The summed E-state index contributed by atoms with van der Waals surface area (Å²) < 4.78 is 26.9. The van der Waals surface area contributed by atoms with Gasteiger partial charge in [0.25, 0.3) is 0 Å². The fourth-order valence-electron chi connectivity index (χ4n) is 1.15. The van der Waals surface area contributed by atoms with E-state index in [1.807, 2.05) is 0 Å². The molecule has 0 unspecified atom stereocenters. The normalized spacial score (nSPS) is 11.4. The number of rotatable bonds is 6. The number of carboxylic acid groups (broad SMARTS) is 1. The van der Waals surface area contributed by atoms with E-state index in [1.165, 1.54) is 0 Å². The first-order valence-corrected chi connectivity index (χ1v) is 6.22. The fraction of sp³-hybridized carbons (Fsp3) is 0.375. The number of nitrogens with zero attached hydrogens (tertiary/aromatic N) is 1. The Balaban J connectivity index is 3.04. The van der Waals surface area contributed by atoms with Gasteiger partial charge in [0.05, 0.1) is 13.0 Å². The zero-order chi connectivity index (χ0) is 13.9. The zero-order valence-corrected chi connectivity index (χ0v) is 9.79. The Morgan fingerprint density at radius 2 is 2.00 bits per heavy atom. The highest BCUT2D eigenvalue weighted by Gasteiger charge is 2.22. The number of aromatic nitrogens is 1. The Bertz CT molecular complexity index is 546. The van der Waals surface area contributed by atoms with Crippen molar-refractivity contribution in [2.45, 2.75) is 6.42 Å². The maximum absolute atomic E-state index is 11.2. The van der Waals surface area contributed by atoms with Gasteiger partial charge in [-0.05, 0) is 0 Å². The number of hydrogen-bond donors (Lipinski definition) is 4. The summed E-state index contributed by atoms with van der Waals surface area (Å²) in [7, 11) is -4.20. The van der Waals surface area contributed by atoms with Crippen molar-refractivity contribution >= 4 is 16.1 Å². The topological polar surface area (TPSA) is 146 Å². The summed E-state index contributed by atoms with van der Waals surface area (Å²) in [5.74, 6) is -3.62. The highest BCUT2D eigenvalue weighted by Crippen LogP contribution is 2.27. The molecule has 10 heteroatoms. The number of aliphatic hydroxyl groups is 1. The van der Waals surface area contributed by atoms with E-state index in [9.17, 15) is 23.4 Å². The minimum Gasteiger partial charge on any atom is -0.492 e. The van der Waals surface area contributed by atoms with Crippen molar-refractivity contribution in [3.63, 3.8) is 0 Å². The third kappa shape index (κ3) is 3.28. The second kappa shape index (κ2) is 5.14. The van der Waals surface area contributed by atoms with Crippen LogP contribution in [0.15, 0.2) is 6.07 Å². The molecule has 1 rings (SSSR count). The molecule has 0 amide bonds. The van der Waals surface area contributed by atoms with Gasteiger partial charge in [0, 0.05) is 11.6 Å². The van der Waals surface area contributed by atoms with Crippen LogP contribution in [-0.4, -0.2) is 51.9 Å². The maximum Gasteiger partial charge on any atom is 0.329 e. The van der Waals surface area contributed by atoms with Crippen molar-refractivity contribution in [1.29, 1.82) is 0 Å². The summed E-state index contributed by atoms with van der Waals surface area (Å²) in [5, 5.41) is 35.8. The van der Waals surface area contributed by atoms with E-state index < -0.39 is 46.6 Å². The van der Waals surface area contributed by atoms with Gasteiger partial charge in [0.1, 0.15) is 5.75 Å². The van der Waals surface area contributed by atoms with Crippen LogP contribution >= 0.6 is 0 Å². The number of hydrogen-bond acceptors (Lipinski definition) is 7. The molecule has 1 aromatic heterocycles. The van der Waals surface area contributed by atoms with Gasteiger partial charge in [-0.1, -0.05) is 4.73 Å². The van der Waals surface area contributed by atoms with E-state index in [-0.39, 0.29) is 10.3 Å². The Morgan fingerprint density at radius 3 is 2.50 bits per heavy atom. The summed E-state index contributed by atoms with van der Waals surface area (Å²) in [6.45, 7) is -0.701. The Labute approximate surface area is 102 Å². The van der Waals surface area contributed by atoms with Crippen LogP contribution in [0.25, 0.3) is 0 Å². The molecule has 0 aliphatic heterocycles. The van der Waals surface area contributed by atoms with Crippen molar-refractivity contribution in [1.82, 2.24) is 4.73 Å². The molecule has 102 valence electrons. The van der Waals surface area contributed by atoms with Crippen molar-refractivity contribution in [2.24, 2.45) is 0 Å². The summed E-state index contributed by atoms with van der Waals surface area (Å²) in [6, 6.07) is 0.859. The monoisotopic (exact) mass is 281 g/mol. The largest absolute Gasteiger partial charge is 0.492 e. The Kier molecular flexibility index (Phi) is 4.03. The smallest absolute Gasteiger partial charge is 0.329 e. The van der Waals surface area contributed by atoms with Gasteiger partial charge in [-0.25, -0.2) is 0 Å². The molecule has 4 N–H and O–H groups in total. The standard InChI is InChI=1S/C8H11NO8S/c10-1-2-18(15,16)17-9-6(11)3-5(8(9)14)4-7(12)13/h3,10-11,14H,1-2,4H2,(H,12,13). The van der Waals surface area contributed by atoms with Gasteiger partial charge >= 0.3 is 16.1 Å². The molecule has 0 spiro atoms. The third-order valence-corrected chi connectivity index (χ3v) is 2.92. The number of aliphatic hydroxyl groups excluding tert-OH is 1. The SMILES string of the molecule is O=C(O)Cc1cc(O)n(OS(=O)(=O)CCO)c1O. The first kappa shape index (κ1) is 14.1. The van der Waals surface area contributed by atoms with Gasteiger partial charge in [-0.2, -0.15) is 8.42 Å². The van der Waals surface area contributed by atoms with Crippen LogP contribution in [0.5, 0.6) is 11.8 Å². The lowest BCUT2D eigenvalue weighted by Gasteiger charge is -2.07. The van der Waals surface area contributed by atoms with E-state index in [0.29, 0.717) is 0 Å². The lowest BCUT2D eigenvalue weighted by Crippen LogP contribution is -2.24. The van der Waals surface area contributed by atoms with Crippen LogP contribution in [0, 0.1) is 0 Å². The minimum atomic E-state index is -4.20. The zero-order valence-electron chi connectivity index (χ0n) is 8.98. The number of carbonyl (C=O) groups is 1. The van der Waals surface area contributed by atoms with Gasteiger partial charge < -0.3 is 20.4 Å². The first-order valence-electron chi connectivity index (χ1n) is 4.64. The van der Waals surface area contributed by atoms with Crippen molar-refractivity contribution < 1.29 is 37.9 Å². The minimum absolute atomic E-state index is 0.170. The fourth-order valence-corrected chi connectivity index (χ4v) is 1.82. The maximum atomic E-state index is 11.2. The van der Waals surface area contributed by atoms with Gasteiger partial charge in [0.15, 0.2) is 0 Å². The molecule has 18 heavy (non-hydrogen) atoms. The second-order valence-corrected chi connectivity index (χ2v) is 4.95. The molecule has 0 atom stereocenters. The second-order valence-electron chi connectivity index (χ2n) is 3.28. The quantitative estimate of drug-likeness (QED) is 0.481. The lowest BCUT2D eigenvalue weighted by atomic mass is 10.2. The van der Waals surface area contributed by atoms with Crippen LogP contribution in [-0.2, 0) is 21.3 Å². The van der Waals surface area contributed by atoms with E-state index in [2.05, 4.69) is 4.28 Å². The van der Waals surface area contributed by atoms with Crippen molar-refractivity contribution in [3.05, 3.63) is 11.6 Å². The van der Waals surface area contributed by atoms with Gasteiger partial charge in [-0.3, -0.25) is 9.08 Å². The van der Waals surface area contributed by atoms with Crippen LogP contribution in [0.3, 0.4) is 0 Å². The molecule has 0 aromatic carbocycles. The van der Waals surface area contributed by atoms with E-state index in [0.717, 1.165) is 6.07 Å². The first-order chi connectivity index (χ1) is 8.26. The number of aliphatic carboxylic acids is 1. The Hall–Kier alpha value is -1.94. The van der Waals surface area contributed by atoms with E-state index >= 15 is 0 Å². The van der Waals surface area contributed by atoms with Crippen LogP contribution < -0.4 is 4.28 Å². The average molecular weight is 281 g/mol. The molecule has 0 bridgehead atoms. The molecule has 1 heterocycles. The summed E-state index contributed by atoms with van der Waals surface area (Å²) in [5.41, 5.74) is -0.209. The molecule has 0 aliphatic carbocycles. The molecule has 0 saturated carbocycles. The van der Waals surface area contributed by atoms with E-state index in [4.69, 9.17) is 10.2 Å². The predicted octanol–water partition coefficient (Wildman–Crippen LogP) is -1.72. The van der Waals surface area contributed by atoms with Crippen molar-refractivity contribution in [2.75, 3.05) is 12.4 Å². The molecule has 9 nitrogen and oxygen atoms in total. The van der Waals surface area contributed by atoms with Gasteiger partial charge in [-0.15, -0.1) is 0 Å². The van der Waals surface area contributed by atoms with Crippen LogP contribution in [0.4, 0.5) is 0 Å². The molecule has 0 aliphatic rings. The predicted molar refractivity (Wildman–Crippen MR) is 56.6 cm³/mol. The van der Waals surface area contributed by atoms with Crippen molar-refractivity contribution in [3.8, 4) is 11.8 Å². The number of carboxylic acids is 1. The molecular formula is C8H11NO8S. The molecule has 0 saturated heterocycles. The molecule has 0 radical (unpaired) electrons. The highest BCUT2D eigenvalue weighted by molar-refractivity contribution is 7.86. The highest BCUT2D eigenvalue weighted by atomic mass is 32.2.